The van der Waals surface area contributed by atoms with Crippen molar-refractivity contribution in [3.63, 3.8) is 0 Å². The normalized spacial score (nSPS) is 10.3. The fourth-order valence-electron chi connectivity index (χ4n) is 2.00. The van der Waals surface area contributed by atoms with E-state index in [4.69, 9.17) is 16.6 Å². The van der Waals surface area contributed by atoms with Gasteiger partial charge in [0.15, 0.2) is 10.9 Å². The van der Waals surface area contributed by atoms with Crippen LogP contribution in [-0.4, -0.2) is 11.0 Å². The zero-order valence-electron chi connectivity index (χ0n) is 11.0. The van der Waals surface area contributed by atoms with Crippen molar-refractivity contribution in [1.29, 1.82) is 0 Å². The van der Waals surface area contributed by atoms with Gasteiger partial charge < -0.3 is 9.73 Å². The highest BCUT2D eigenvalue weighted by atomic mass is 32.1. The molecule has 0 fully saturated rings. The summed E-state index contributed by atoms with van der Waals surface area (Å²) in [5.41, 5.74) is 0.818. The van der Waals surface area contributed by atoms with Crippen LogP contribution < -0.4 is 10.6 Å². The van der Waals surface area contributed by atoms with Crippen molar-refractivity contribution in [2.75, 3.05) is 5.32 Å². The number of furan rings is 1. The van der Waals surface area contributed by atoms with Crippen LogP contribution in [0.2, 0.25) is 0 Å². The number of hydrogen-bond acceptors (Lipinski definition) is 3. The molecular formula is C16H12N2O2S. The van der Waals surface area contributed by atoms with Crippen LogP contribution in [0.25, 0.3) is 10.8 Å². The minimum absolute atomic E-state index is 0.220. The predicted octanol–water partition coefficient (Wildman–Crippen LogP) is 3.56. The number of fused-ring (bicyclic) bond motifs is 1. The van der Waals surface area contributed by atoms with Gasteiger partial charge in [0.1, 0.15) is 0 Å². The summed E-state index contributed by atoms with van der Waals surface area (Å²) in [4.78, 5) is 11.8. The third kappa shape index (κ3) is 3.09. The van der Waals surface area contributed by atoms with Crippen LogP contribution in [0.15, 0.2) is 65.3 Å². The lowest BCUT2D eigenvalue weighted by atomic mass is 10.1. The van der Waals surface area contributed by atoms with Crippen LogP contribution in [0.3, 0.4) is 0 Å². The van der Waals surface area contributed by atoms with E-state index in [9.17, 15) is 4.79 Å². The molecule has 0 aliphatic heterocycles. The molecule has 0 aliphatic rings. The first-order chi connectivity index (χ1) is 10.2. The van der Waals surface area contributed by atoms with Crippen molar-refractivity contribution in [3.8, 4) is 0 Å². The Morgan fingerprint density at radius 1 is 1.00 bits per heavy atom. The van der Waals surface area contributed by atoms with Gasteiger partial charge in [-0.3, -0.25) is 10.1 Å². The molecule has 1 amide bonds. The molecule has 104 valence electrons. The molecule has 1 heterocycles. The Morgan fingerprint density at radius 3 is 2.57 bits per heavy atom. The van der Waals surface area contributed by atoms with Crippen LogP contribution >= 0.6 is 12.2 Å². The van der Waals surface area contributed by atoms with E-state index in [2.05, 4.69) is 10.6 Å². The van der Waals surface area contributed by atoms with E-state index in [1.165, 1.54) is 6.26 Å². The first kappa shape index (κ1) is 13.3. The Balaban J connectivity index is 1.70. The Kier molecular flexibility index (Phi) is 3.66. The molecule has 4 nitrogen and oxygen atoms in total. The Hall–Kier alpha value is -2.66. The topological polar surface area (TPSA) is 54.3 Å². The van der Waals surface area contributed by atoms with E-state index in [-0.39, 0.29) is 16.8 Å². The van der Waals surface area contributed by atoms with Crippen LogP contribution in [0.4, 0.5) is 5.69 Å². The summed E-state index contributed by atoms with van der Waals surface area (Å²) in [6, 6.07) is 17.1. The first-order valence-electron chi connectivity index (χ1n) is 6.37. The molecule has 5 heteroatoms. The summed E-state index contributed by atoms with van der Waals surface area (Å²) in [6.07, 6.45) is 1.44. The summed E-state index contributed by atoms with van der Waals surface area (Å²) in [5.74, 6) is -0.157. The number of amides is 1. The molecule has 3 aromatic rings. The molecular weight excluding hydrogens is 284 g/mol. The predicted molar refractivity (Wildman–Crippen MR) is 86.3 cm³/mol. The zero-order chi connectivity index (χ0) is 14.7. The maximum atomic E-state index is 11.8. The summed E-state index contributed by atoms with van der Waals surface area (Å²) >= 11 is 5.12. The Bertz CT molecular complexity index is 797. The molecule has 0 bridgehead atoms. The largest absolute Gasteiger partial charge is 0.459 e. The number of nitrogens with one attached hydrogen (secondary N) is 2. The van der Waals surface area contributed by atoms with Crippen LogP contribution in [-0.2, 0) is 0 Å². The second kappa shape index (κ2) is 5.76. The molecule has 1 aromatic heterocycles. The van der Waals surface area contributed by atoms with Gasteiger partial charge >= 0.3 is 0 Å². The highest BCUT2D eigenvalue weighted by Gasteiger charge is 2.10. The van der Waals surface area contributed by atoms with Gasteiger partial charge in [-0.2, -0.15) is 0 Å². The Morgan fingerprint density at radius 2 is 1.81 bits per heavy atom. The van der Waals surface area contributed by atoms with Gasteiger partial charge in [0, 0.05) is 5.69 Å². The summed E-state index contributed by atoms with van der Waals surface area (Å²) in [5, 5.41) is 8.03. The van der Waals surface area contributed by atoms with Crippen molar-refractivity contribution >= 4 is 39.7 Å². The van der Waals surface area contributed by atoms with Gasteiger partial charge in [0.25, 0.3) is 5.91 Å². The summed E-state index contributed by atoms with van der Waals surface area (Å²) in [6.45, 7) is 0. The van der Waals surface area contributed by atoms with Gasteiger partial charge in [-0.05, 0) is 47.3 Å². The molecule has 3 rings (SSSR count). The van der Waals surface area contributed by atoms with Crippen molar-refractivity contribution in [2.45, 2.75) is 0 Å². The molecule has 0 unspecified atom stereocenters. The fraction of sp³-hybridized carbons (Fsp3) is 0. The van der Waals surface area contributed by atoms with Crippen LogP contribution in [0.5, 0.6) is 0 Å². The maximum Gasteiger partial charge on any atom is 0.293 e. The van der Waals surface area contributed by atoms with Crippen molar-refractivity contribution < 1.29 is 9.21 Å². The Labute approximate surface area is 126 Å². The number of rotatable bonds is 2. The molecule has 0 saturated carbocycles. The van der Waals surface area contributed by atoms with Crippen LogP contribution in [0.1, 0.15) is 10.6 Å². The molecule has 0 radical (unpaired) electrons. The summed E-state index contributed by atoms with van der Waals surface area (Å²) < 4.78 is 5.00. The van der Waals surface area contributed by atoms with E-state index in [1.807, 2.05) is 42.5 Å². The standard InChI is InChI=1S/C16H12N2O2S/c19-15(14-6-3-9-20-14)18-16(21)17-13-8-7-11-4-1-2-5-12(11)10-13/h1-10H,(H2,17,18,19,21). The van der Waals surface area contributed by atoms with E-state index in [0.29, 0.717) is 0 Å². The third-order valence-electron chi connectivity index (χ3n) is 2.98. The monoisotopic (exact) mass is 296 g/mol. The second-order valence-electron chi connectivity index (χ2n) is 4.45. The third-order valence-corrected chi connectivity index (χ3v) is 3.18. The minimum atomic E-state index is -0.377. The smallest absolute Gasteiger partial charge is 0.293 e. The molecule has 0 aliphatic carbocycles. The average molecular weight is 296 g/mol. The van der Waals surface area contributed by atoms with Crippen LogP contribution in [0, 0.1) is 0 Å². The van der Waals surface area contributed by atoms with Gasteiger partial charge in [-0.25, -0.2) is 0 Å². The molecule has 2 N–H and O–H groups in total. The number of hydrogen-bond donors (Lipinski definition) is 2. The highest BCUT2D eigenvalue weighted by Crippen LogP contribution is 2.18. The number of benzene rings is 2. The van der Waals surface area contributed by atoms with E-state index < -0.39 is 0 Å². The quantitative estimate of drug-likeness (QED) is 0.710. The molecule has 21 heavy (non-hydrogen) atoms. The van der Waals surface area contributed by atoms with Crippen molar-refractivity contribution in [3.05, 3.63) is 66.6 Å². The number of carbonyl (C=O) groups is 1. The maximum absolute atomic E-state index is 11.8. The van der Waals surface area contributed by atoms with E-state index in [1.54, 1.807) is 12.1 Å². The van der Waals surface area contributed by atoms with E-state index in [0.717, 1.165) is 16.5 Å². The van der Waals surface area contributed by atoms with E-state index >= 15 is 0 Å². The summed E-state index contributed by atoms with van der Waals surface area (Å²) in [7, 11) is 0. The van der Waals surface area contributed by atoms with Gasteiger partial charge in [0.2, 0.25) is 0 Å². The van der Waals surface area contributed by atoms with Gasteiger partial charge in [0.05, 0.1) is 6.26 Å². The first-order valence-corrected chi connectivity index (χ1v) is 6.78. The fourth-order valence-corrected chi connectivity index (χ4v) is 2.21. The highest BCUT2D eigenvalue weighted by molar-refractivity contribution is 7.80. The molecule has 0 spiro atoms. The van der Waals surface area contributed by atoms with Gasteiger partial charge in [-0.1, -0.05) is 30.3 Å². The minimum Gasteiger partial charge on any atom is -0.459 e. The lowest BCUT2D eigenvalue weighted by Gasteiger charge is -2.09. The van der Waals surface area contributed by atoms with Gasteiger partial charge in [-0.15, -0.1) is 0 Å². The molecule has 2 aromatic carbocycles. The van der Waals surface area contributed by atoms with Crippen molar-refractivity contribution in [2.24, 2.45) is 0 Å². The number of carbonyl (C=O) groups excluding carboxylic acids is 1. The average Bonchev–Trinajstić information content (AvgIpc) is 3.01. The molecule has 0 saturated heterocycles. The lowest BCUT2D eigenvalue weighted by molar-refractivity contribution is 0.0950. The lowest BCUT2D eigenvalue weighted by Crippen LogP contribution is -2.33. The molecule has 0 atom stereocenters. The number of thiocarbonyl (C=S) groups is 1. The SMILES string of the molecule is O=C(NC(=S)Nc1ccc2ccccc2c1)c1ccco1. The number of anilines is 1. The zero-order valence-corrected chi connectivity index (χ0v) is 11.8. The van der Waals surface area contributed by atoms with Crippen molar-refractivity contribution in [1.82, 2.24) is 5.32 Å². The second-order valence-corrected chi connectivity index (χ2v) is 4.86.